The average Bonchev–Trinajstić information content (AvgIpc) is 2.24. The van der Waals surface area contributed by atoms with Crippen molar-refractivity contribution in [3.8, 4) is 0 Å². The summed E-state index contributed by atoms with van der Waals surface area (Å²) in [6, 6.07) is 9.65. The van der Waals surface area contributed by atoms with E-state index in [4.69, 9.17) is 0 Å². The lowest BCUT2D eigenvalue weighted by Crippen LogP contribution is -2.48. The highest BCUT2D eigenvalue weighted by Crippen LogP contribution is 2.41. The molecule has 3 heteroatoms. The minimum absolute atomic E-state index is 0.152. The molecule has 0 saturated heterocycles. The Hall–Kier alpha value is -1.35. The van der Waals surface area contributed by atoms with Gasteiger partial charge in [0.25, 0.3) is 0 Å². The summed E-state index contributed by atoms with van der Waals surface area (Å²) < 4.78 is 0. The van der Waals surface area contributed by atoms with Gasteiger partial charge in [-0.1, -0.05) is 24.6 Å². The molecule has 2 rings (SSSR count). The molecule has 0 atom stereocenters. The Morgan fingerprint density at radius 1 is 1.31 bits per heavy atom. The van der Waals surface area contributed by atoms with Gasteiger partial charge in [0, 0.05) is 12.2 Å². The predicted octanol–water partition coefficient (Wildman–Crippen LogP) is 2.01. The van der Waals surface area contributed by atoms with E-state index in [2.05, 4.69) is 10.6 Å². The third-order valence-electron chi connectivity index (χ3n) is 3.34. The van der Waals surface area contributed by atoms with E-state index in [-0.39, 0.29) is 11.3 Å². The van der Waals surface area contributed by atoms with Crippen LogP contribution in [0, 0.1) is 5.41 Å². The number of carbonyl (C=O) groups is 1. The highest BCUT2D eigenvalue weighted by atomic mass is 16.2. The van der Waals surface area contributed by atoms with E-state index < -0.39 is 0 Å². The quantitative estimate of drug-likeness (QED) is 0.811. The SMILES string of the molecule is CNCC1(C(=O)Nc2ccccc2)CCC1. The van der Waals surface area contributed by atoms with Gasteiger partial charge in [-0.3, -0.25) is 4.79 Å². The molecule has 16 heavy (non-hydrogen) atoms. The number of rotatable bonds is 4. The molecular formula is C13H18N2O. The van der Waals surface area contributed by atoms with E-state index in [1.54, 1.807) is 0 Å². The lowest BCUT2D eigenvalue weighted by atomic mass is 9.68. The third-order valence-corrected chi connectivity index (χ3v) is 3.34. The molecule has 0 bridgehead atoms. The van der Waals surface area contributed by atoms with Gasteiger partial charge >= 0.3 is 0 Å². The van der Waals surface area contributed by atoms with E-state index in [1.807, 2.05) is 37.4 Å². The summed E-state index contributed by atoms with van der Waals surface area (Å²) in [5.74, 6) is 0.152. The first-order chi connectivity index (χ1) is 7.77. The number of nitrogens with one attached hydrogen (secondary N) is 2. The molecule has 0 heterocycles. The van der Waals surface area contributed by atoms with Gasteiger partial charge in [0.1, 0.15) is 0 Å². The molecule has 0 radical (unpaired) electrons. The number of carbonyl (C=O) groups excluding carboxylic acids is 1. The van der Waals surface area contributed by atoms with Crippen LogP contribution in [-0.4, -0.2) is 19.5 Å². The molecule has 1 aromatic carbocycles. The van der Waals surface area contributed by atoms with E-state index in [0.717, 1.165) is 31.5 Å². The number of benzene rings is 1. The van der Waals surface area contributed by atoms with Crippen LogP contribution in [0.15, 0.2) is 30.3 Å². The minimum atomic E-state index is -0.176. The first-order valence-corrected chi connectivity index (χ1v) is 5.78. The predicted molar refractivity (Wildman–Crippen MR) is 65.3 cm³/mol. The molecule has 3 nitrogen and oxygen atoms in total. The summed E-state index contributed by atoms with van der Waals surface area (Å²) in [6.45, 7) is 0.770. The molecule has 1 fully saturated rings. The number of amides is 1. The number of para-hydroxylation sites is 1. The van der Waals surface area contributed by atoms with Crippen molar-refractivity contribution in [2.75, 3.05) is 18.9 Å². The summed E-state index contributed by atoms with van der Waals surface area (Å²) in [7, 11) is 1.90. The summed E-state index contributed by atoms with van der Waals surface area (Å²) in [6.07, 6.45) is 3.14. The van der Waals surface area contributed by atoms with Crippen LogP contribution in [0.1, 0.15) is 19.3 Å². The maximum atomic E-state index is 12.2. The largest absolute Gasteiger partial charge is 0.326 e. The van der Waals surface area contributed by atoms with Crippen LogP contribution >= 0.6 is 0 Å². The Bertz CT molecular complexity index is 357. The molecule has 1 saturated carbocycles. The Labute approximate surface area is 96.2 Å². The standard InChI is InChI=1S/C13H18N2O/c1-14-10-13(8-5-9-13)12(16)15-11-6-3-2-4-7-11/h2-4,6-7,14H,5,8-10H2,1H3,(H,15,16). The average molecular weight is 218 g/mol. The van der Waals surface area contributed by atoms with Crippen molar-refractivity contribution >= 4 is 11.6 Å². The number of hydrogen-bond donors (Lipinski definition) is 2. The van der Waals surface area contributed by atoms with E-state index >= 15 is 0 Å². The van der Waals surface area contributed by atoms with Crippen LogP contribution < -0.4 is 10.6 Å². The molecule has 1 aliphatic rings. The first kappa shape index (κ1) is 11.1. The lowest BCUT2D eigenvalue weighted by molar-refractivity contribution is -0.129. The lowest BCUT2D eigenvalue weighted by Gasteiger charge is -2.40. The molecule has 1 aromatic rings. The summed E-state index contributed by atoms with van der Waals surface area (Å²) >= 11 is 0. The van der Waals surface area contributed by atoms with Crippen LogP contribution in [0.3, 0.4) is 0 Å². The summed E-state index contributed by atoms with van der Waals surface area (Å²) in [5.41, 5.74) is 0.708. The highest BCUT2D eigenvalue weighted by Gasteiger charge is 2.43. The van der Waals surface area contributed by atoms with Gasteiger partial charge in [-0.25, -0.2) is 0 Å². The zero-order valence-corrected chi connectivity index (χ0v) is 9.62. The van der Waals surface area contributed by atoms with Gasteiger partial charge in [0.15, 0.2) is 0 Å². The Morgan fingerprint density at radius 3 is 2.50 bits per heavy atom. The van der Waals surface area contributed by atoms with Crippen molar-refractivity contribution in [1.29, 1.82) is 0 Å². The van der Waals surface area contributed by atoms with Gasteiger partial charge in [0.2, 0.25) is 5.91 Å². The Morgan fingerprint density at radius 2 is 2.00 bits per heavy atom. The van der Waals surface area contributed by atoms with Gasteiger partial charge in [0.05, 0.1) is 5.41 Å². The second-order valence-corrected chi connectivity index (χ2v) is 4.48. The minimum Gasteiger partial charge on any atom is -0.326 e. The third kappa shape index (κ3) is 2.09. The van der Waals surface area contributed by atoms with Crippen molar-refractivity contribution in [3.63, 3.8) is 0 Å². The summed E-state index contributed by atoms with van der Waals surface area (Å²) in [4.78, 5) is 12.2. The number of hydrogen-bond acceptors (Lipinski definition) is 2. The van der Waals surface area contributed by atoms with Crippen molar-refractivity contribution in [3.05, 3.63) is 30.3 Å². The second-order valence-electron chi connectivity index (χ2n) is 4.48. The zero-order valence-electron chi connectivity index (χ0n) is 9.62. The smallest absolute Gasteiger partial charge is 0.231 e. The van der Waals surface area contributed by atoms with Crippen LogP contribution in [0.5, 0.6) is 0 Å². The first-order valence-electron chi connectivity index (χ1n) is 5.78. The van der Waals surface area contributed by atoms with Gasteiger partial charge in [-0.2, -0.15) is 0 Å². The zero-order chi connectivity index (χ0) is 11.4. The summed E-state index contributed by atoms with van der Waals surface area (Å²) in [5, 5.41) is 6.11. The second kappa shape index (κ2) is 4.66. The fraction of sp³-hybridized carbons (Fsp3) is 0.462. The van der Waals surface area contributed by atoms with Gasteiger partial charge < -0.3 is 10.6 Å². The maximum absolute atomic E-state index is 12.2. The molecule has 2 N–H and O–H groups in total. The topological polar surface area (TPSA) is 41.1 Å². The molecule has 0 aliphatic heterocycles. The van der Waals surface area contributed by atoms with E-state index in [0.29, 0.717) is 0 Å². The molecule has 0 aromatic heterocycles. The van der Waals surface area contributed by atoms with Crippen LogP contribution in [-0.2, 0) is 4.79 Å². The Kier molecular flexibility index (Phi) is 3.25. The van der Waals surface area contributed by atoms with Crippen LogP contribution in [0.4, 0.5) is 5.69 Å². The maximum Gasteiger partial charge on any atom is 0.231 e. The fourth-order valence-electron chi connectivity index (χ4n) is 2.21. The number of anilines is 1. The van der Waals surface area contributed by atoms with Crippen LogP contribution in [0.25, 0.3) is 0 Å². The molecule has 0 unspecified atom stereocenters. The van der Waals surface area contributed by atoms with Crippen LogP contribution in [0.2, 0.25) is 0 Å². The molecule has 86 valence electrons. The van der Waals surface area contributed by atoms with E-state index in [1.165, 1.54) is 0 Å². The molecule has 1 aliphatic carbocycles. The highest BCUT2D eigenvalue weighted by molar-refractivity contribution is 5.96. The van der Waals surface area contributed by atoms with Gasteiger partial charge in [-0.15, -0.1) is 0 Å². The molecule has 0 spiro atoms. The van der Waals surface area contributed by atoms with Crippen molar-refractivity contribution in [1.82, 2.24) is 5.32 Å². The normalized spacial score (nSPS) is 17.6. The van der Waals surface area contributed by atoms with Crippen molar-refractivity contribution in [2.24, 2.45) is 5.41 Å². The Balaban J connectivity index is 2.02. The van der Waals surface area contributed by atoms with E-state index in [9.17, 15) is 4.79 Å². The van der Waals surface area contributed by atoms with Crippen molar-refractivity contribution in [2.45, 2.75) is 19.3 Å². The monoisotopic (exact) mass is 218 g/mol. The fourth-order valence-corrected chi connectivity index (χ4v) is 2.21. The molecular weight excluding hydrogens is 200 g/mol. The van der Waals surface area contributed by atoms with Crippen molar-refractivity contribution < 1.29 is 4.79 Å². The van der Waals surface area contributed by atoms with Gasteiger partial charge in [-0.05, 0) is 32.0 Å². The molecule has 1 amide bonds.